The van der Waals surface area contributed by atoms with Crippen LogP contribution in [0.1, 0.15) is 39.5 Å². The molecule has 2 rings (SSSR count). The summed E-state index contributed by atoms with van der Waals surface area (Å²) in [7, 11) is 0. The second-order valence-corrected chi connectivity index (χ2v) is 6.61. The molecule has 0 aliphatic carbocycles. The summed E-state index contributed by atoms with van der Waals surface area (Å²) in [5.41, 5.74) is 0.170. The molecule has 1 atom stereocenters. The van der Waals surface area contributed by atoms with Crippen LogP contribution in [0.2, 0.25) is 0 Å². The van der Waals surface area contributed by atoms with Crippen molar-refractivity contribution in [2.75, 3.05) is 32.8 Å². The maximum absolute atomic E-state index is 11.4. The van der Waals surface area contributed by atoms with Gasteiger partial charge in [0.25, 0.3) is 0 Å². The Morgan fingerprint density at radius 3 is 2.71 bits per heavy atom. The quantitative estimate of drug-likeness (QED) is 0.706. The van der Waals surface area contributed by atoms with E-state index >= 15 is 0 Å². The summed E-state index contributed by atoms with van der Waals surface area (Å²) < 4.78 is 5.51. The molecular formula is C14H25NO2. The van der Waals surface area contributed by atoms with Crippen molar-refractivity contribution in [1.29, 1.82) is 0 Å². The lowest BCUT2D eigenvalue weighted by atomic mass is 9.80. The summed E-state index contributed by atoms with van der Waals surface area (Å²) in [6.07, 6.45) is 5.72. The lowest BCUT2D eigenvalue weighted by Gasteiger charge is -2.43. The first-order chi connectivity index (χ1) is 8.05. The first-order valence-electron chi connectivity index (χ1n) is 6.82. The molecule has 0 aromatic carbocycles. The lowest BCUT2D eigenvalue weighted by molar-refractivity contribution is -0.126. The Bertz CT molecular complexity index is 269. The zero-order valence-electron chi connectivity index (χ0n) is 11.2. The summed E-state index contributed by atoms with van der Waals surface area (Å²) in [5, 5.41) is 0. The molecule has 0 N–H and O–H groups in total. The van der Waals surface area contributed by atoms with Crippen molar-refractivity contribution in [3.05, 3.63) is 0 Å². The smallest absolute Gasteiger partial charge is 0.129 e. The Hall–Kier alpha value is -0.410. The van der Waals surface area contributed by atoms with Crippen LogP contribution < -0.4 is 0 Å². The van der Waals surface area contributed by atoms with Gasteiger partial charge in [-0.05, 0) is 37.6 Å². The van der Waals surface area contributed by atoms with Crippen molar-refractivity contribution in [1.82, 2.24) is 4.90 Å². The van der Waals surface area contributed by atoms with Gasteiger partial charge in [-0.25, -0.2) is 0 Å². The molecule has 0 aromatic rings. The van der Waals surface area contributed by atoms with Gasteiger partial charge in [-0.3, -0.25) is 0 Å². The van der Waals surface area contributed by atoms with Gasteiger partial charge in [-0.15, -0.1) is 0 Å². The maximum atomic E-state index is 11.4. The van der Waals surface area contributed by atoms with Gasteiger partial charge in [-0.1, -0.05) is 13.8 Å². The van der Waals surface area contributed by atoms with Gasteiger partial charge in [0.05, 0.1) is 12.0 Å². The predicted molar refractivity (Wildman–Crippen MR) is 68.0 cm³/mol. The van der Waals surface area contributed by atoms with Crippen LogP contribution in [0, 0.1) is 10.8 Å². The molecule has 1 unspecified atom stereocenters. The Morgan fingerprint density at radius 1 is 1.29 bits per heavy atom. The number of carbonyl (C=O) groups excluding carboxylic acids is 1. The highest BCUT2D eigenvalue weighted by atomic mass is 16.5. The lowest BCUT2D eigenvalue weighted by Crippen LogP contribution is -2.49. The topological polar surface area (TPSA) is 29.5 Å². The molecule has 2 heterocycles. The minimum absolute atomic E-state index is 0.230. The standard InChI is InChI=1S/C14H25NO2/c1-13(2)5-3-7-15(9-13)10-14(11-16)6-4-8-17-12-14/h11H,3-10,12H2,1-2H3. The van der Waals surface area contributed by atoms with Crippen LogP contribution in [-0.2, 0) is 9.53 Å². The number of rotatable bonds is 3. The van der Waals surface area contributed by atoms with Crippen molar-refractivity contribution in [3.63, 3.8) is 0 Å². The van der Waals surface area contributed by atoms with Crippen LogP contribution in [0.4, 0.5) is 0 Å². The van der Waals surface area contributed by atoms with Crippen molar-refractivity contribution in [3.8, 4) is 0 Å². The molecule has 17 heavy (non-hydrogen) atoms. The Balaban J connectivity index is 1.96. The van der Waals surface area contributed by atoms with Gasteiger partial charge in [0.1, 0.15) is 6.29 Å². The van der Waals surface area contributed by atoms with E-state index in [4.69, 9.17) is 4.74 Å². The average Bonchev–Trinajstić information content (AvgIpc) is 2.29. The number of nitrogens with zero attached hydrogens (tertiary/aromatic N) is 1. The van der Waals surface area contributed by atoms with Crippen LogP contribution in [0.5, 0.6) is 0 Å². The number of ether oxygens (including phenoxy) is 1. The zero-order chi connectivity index (χ0) is 12.4. The molecule has 98 valence electrons. The molecule has 0 amide bonds. The molecule has 0 aromatic heterocycles. The number of piperidine rings is 1. The highest BCUT2D eigenvalue weighted by Crippen LogP contribution is 2.33. The summed E-state index contributed by atoms with van der Waals surface area (Å²) in [6, 6.07) is 0. The summed E-state index contributed by atoms with van der Waals surface area (Å²) in [5.74, 6) is 0. The fourth-order valence-electron chi connectivity index (χ4n) is 3.25. The van der Waals surface area contributed by atoms with Gasteiger partial charge in [-0.2, -0.15) is 0 Å². The molecular weight excluding hydrogens is 214 g/mol. The maximum Gasteiger partial charge on any atom is 0.129 e. The van der Waals surface area contributed by atoms with Crippen molar-refractivity contribution >= 4 is 6.29 Å². The van der Waals surface area contributed by atoms with Gasteiger partial charge in [0.15, 0.2) is 0 Å². The number of hydrogen-bond acceptors (Lipinski definition) is 3. The molecule has 3 heteroatoms. The Morgan fingerprint density at radius 2 is 2.12 bits per heavy atom. The zero-order valence-corrected chi connectivity index (χ0v) is 11.2. The second kappa shape index (κ2) is 5.07. The fourth-order valence-corrected chi connectivity index (χ4v) is 3.25. The SMILES string of the molecule is CC1(C)CCCN(CC2(C=O)CCCOC2)C1. The third-order valence-corrected chi connectivity index (χ3v) is 4.12. The van der Waals surface area contributed by atoms with E-state index in [0.717, 1.165) is 45.4 Å². The van der Waals surface area contributed by atoms with Gasteiger partial charge in [0, 0.05) is 19.7 Å². The minimum atomic E-state index is -0.230. The Kier molecular flexibility index (Phi) is 3.88. The number of aldehydes is 1. The highest BCUT2D eigenvalue weighted by Gasteiger charge is 2.37. The van der Waals surface area contributed by atoms with E-state index in [2.05, 4.69) is 18.7 Å². The normalized spacial score (nSPS) is 34.5. The molecule has 0 bridgehead atoms. The molecule has 2 aliphatic heterocycles. The summed E-state index contributed by atoms with van der Waals surface area (Å²) in [4.78, 5) is 13.9. The van der Waals surface area contributed by atoms with E-state index in [-0.39, 0.29) is 5.41 Å². The Labute approximate surface area is 105 Å². The largest absolute Gasteiger partial charge is 0.380 e. The van der Waals surface area contributed by atoms with E-state index in [0.29, 0.717) is 12.0 Å². The highest BCUT2D eigenvalue weighted by molar-refractivity contribution is 5.60. The molecule has 2 aliphatic rings. The number of hydrogen-bond donors (Lipinski definition) is 0. The average molecular weight is 239 g/mol. The summed E-state index contributed by atoms with van der Waals surface area (Å²) >= 11 is 0. The van der Waals surface area contributed by atoms with E-state index in [1.54, 1.807) is 0 Å². The van der Waals surface area contributed by atoms with Crippen molar-refractivity contribution in [2.45, 2.75) is 39.5 Å². The van der Waals surface area contributed by atoms with E-state index in [9.17, 15) is 4.79 Å². The fraction of sp³-hybridized carbons (Fsp3) is 0.929. The third-order valence-electron chi connectivity index (χ3n) is 4.12. The third kappa shape index (κ3) is 3.29. The molecule has 0 saturated carbocycles. The summed E-state index contributed by atoms with van der Waals surface area (Å²) in [6.45, 7) is 9.23. The second-order valence-electron chi connectivity index (χ2n) is 6.61. The van der Waals surface area contributed by atoms with Crippen LogP contribution in [0.15, 0.2) is 0 Å². The predicted octanol–water partition coefficient (Wildman–Crippen LogP) is 2.10. The molecule has 0 spiro atoms. The first-order valence-corrected chi connectivity index (χ1v) is 6.82. The molecule has 0 radical (unpaired) electrons. The van der Waals surface area contributed by atoms with Crippen LogP contribution in [-0.4, -0.2) is 44.0 Å². The van der Waals surface area contributed by atoms with E-state index in [1.165, 1.54) is 12.8 Å². The van der Waals surface area contributed by atoms with Crippen molar-refractivity contribution < 1.29 is 9.53 Å². The first kappa shape index (κ1) is 13.0. The molecule has 2 saturated heterocycles. The monoisotopic (exact) mass is 239 g/mol. The van der Waals surface area contributed by atoms with Crippen LogP contribution in [0.3, 0.4) is 0 Å². The van der Waals surface area contributed by atoms with Gasteiger partial charge in [0.2, 0.25) is 0 Å². The van der Waals surface area contributed by atoms with E-state index in [1.807, 2.05) is 0 Å². The van der Waals surface area contributed by atoms with Crippen LogP contribution in [0.25, 0.3) is 0 Å². The van der Waals surface area contributed by atoms with Crippen molar-refractivity contribution in [2.24, 2.45) is 10.8 Å². The number of carbonyl (C=O) groups is 1. The number of likely N-dealkylation sites (tertiary alicyclic amines) is 1. The molecule has 2 fully saturated rings. The van der Waals surface area contributed by atoms with Gasteiger partial charge >= 0.3 is 0 Å². The van der Waals surface area contributed by atoms with E-state index < -0.39 is 0 Å². The minimum Gasteiger partial charge on any atom is -0.380 e. The van der Waals surface area contributed by atoms with Crippen LogP contribution >= 0.6 is 0 Å². The van der Waals surface area contributed by atoms with Gasteiger partial charge < -0.3 is 14.4 Å². The molecule has 3 nitrogen and oxygen atoms in total.